The van der Waals surface area contributed by atoms with Crippen LogP contribution in [0.2, 0.25) is 5.02 Å². The van der Waals surface area contributed by atoms with E-state index in [-0.39, 0.29) is 35.8 Å². The Morgan fingerprint density at radius 1 is 1.35 bits per heavy atom. The first-order valence-electron chi connectivity index (χ1n) is 9.56. The number of halogens is 4. The van der Waals surface area contributed by atoms with E-state index < -0.39 is 17.7 Å². The van der Waals surface area contributed by atoms with Crippen LogP contribution in [0.15, 0.2) is 30.5 Å². The third-order valence-electron chi connectivity index (χ3n) is 5.14. The molecule has 164 valence electrons. The summed E-state index contributed by atoms with van der Waals surface area (Å²) in [7, 11) is 0. The zero-order valence-electron chi connectivity index (χ0n) is 16.1. The topological polar surface area (TPSA) is 83.6 Å². The predicted octanol–water partition coefficient (Wildman–Crippen LogP) is 3.94. The van der Waals surface area contributed by atoms with Crippen LogP contribution >= 0.6 is 11.6 Å². The Balaban J connectivity index is 1.50. The quantitative estimate of drug-likeness (QED) is 0.734. The number of amides is 2. The van der Waals surface area contributed by atoms with E-state index in [0.717, 1.165) is 6.07 Å². The van der Waals surface area contributed by atoms with E-state index in [0.29, 0.717) is 36.5 Å². The maximum Gasteiger partial charge on any atom is 0.419 e. The third kappa shape index (κ3) is 4.53. The molecule has 4 rings (SSSR count). The number of aromatic nitrogens is 1. The van der Waals surface area contributed by atoms with Gasteiger partial charge in [-0.25, -0.2) is 4.98 Å². The Morgan fingerprint density at radius 2 is 2.16 bits per heavy atom. The van der Waals surface area contributed by atoms with Crippen molar-refractivity contribution in [3.8, 4) is 5.75 Å². The van der Waals surface area contributed by atoms with Gasteiger partial charge in [-0.15, -0.1) is 0 Å². The molecule has 2 aliphatic heterocycles. The number of anilines is 3. The summed E-state index contributed by atoms with van der Waals surface area (Å²) >= 11 is 6.22. The Morgan fingerprint density at radius 3 is 2.94 bits per heavy atom. The van der Waals surface area contributed by atoms with Crippen molar-refractivity contribution in [3.63, 3.8) is 0 Å². The fourth-order valence-corrected chi connectivity index (χ4v) is 3.90. The number of piperidine rings is 1. The normalized spacial score (nSPS) is 18.6. The van der Waals surface area contributed by atoms with Crippen molar-refractivity contribution in [3.05, 3.63) is 41.0 Å². The van der Waals surface area contributed by atoms with Crippen LogP contribution in [0.4, 0.5) is 30.4 Å². The molecule has 2 aromatic rings. The maximum absolute atomic E-state index is 13.4. The summed E-state index contributed by atoms with van der Waals surface area (Å²) in [6.07, 6.45) is -2.17. The highest BCUT2D eigenvalue weighted by Crippen LogP contribution is 2.38. The number of carbonyl (C=O) groups is 2. The highest BCUT2D eigenvalue weighted by molar-refractivity contribution is 6.34. The lowest BCUT2D eigenvalue weighted by Gasteiger charge is -2.34. The molecular weight excluding hydrogens is 437 g/mol. The first-order valence-corrected chi connectivity index (χ1v) is 9.94. The van der Waals surface area contributed by atoms with Crippen LogP contribution in [0.25, 0.3) is 0 Å². The van der Waals surface area contributed by atoms with E-state index in [9.17, 15) is 22.8 Å². The van der Waals surface area contributed by atoms with Gasteiger partial charge in [0.05, 0.1) is 27.9 Å². The number of hydrogen-bond donors (Lipinski definition) is 2. The molecule has 1 atom stereocenters. The molecule has 2 amide bonds. The standard InChI is InChI=1S/C20H18ClF3N4O3/c21-13-7-15-16(31-10-17(29)26-15)8-14(13)27-19(30)11-3-2-6-28(9-11)18-12(20(22,23)24)4-1-5-25-18/h1,4-5,7-8,11H,2-3,6,9-10H2,(H,26,29)(H,27,30). The van der Waals surface area contributed by atoms with Crippen molar-refractivity contribution >= 4 is 40.6 Å². The Hall–Kier alpha value is -3.01. The van der Waals surface area contributed by atoms with Gasteiger partial charge in [0.15, 0.2) is 6.61 Å². The van der Waals surface area contributed by atoms with Crippen molar-refractivity contribution in [1.82, 2.24) is 4.98 Å². The Labute approximate surface area is 180 Å². The fraction of sp³-hybridized carbons (Fsp3) is 0.350. The highest BCUT2D eigenvalue weighted by atomic mass is 35.5. The fourth-order valence-electron chi connectivity index (χ4n) is 3.68. The molecule has 2 N–H and O–H groups in total. The van der Waals surface area contributed by atoms with Crippen molar-refractivity contribution in [1.29, 1.82) is 0 Å². The van der Waals surface area contributed by atoms with Crippen LogP contribution < -0.4 is 20.3 Å². The van der Waals surface area contributed by atoms with Gasteiger partial charge >= 0.3 is 6.18 Å². The molecule has 0 aliphatic carbocycles. The second-order valence-corrected chi connectivity index (χ2v) is 7.72. The average Bonchev–Trinajstić information content (AvgIpc) is 2.74. The van der Waals surface area contributed by atoms with Crippen molar-refractivity contribution in [2.45, 2.75) is 19.0 Å². The molecule has 1 saturated heterocycles. The van der Waals surface area contributed by atoms with Gasteiger partial charge in [-0.05, 0) is 31.0 Å². The third-order valence-corrected chi connectivity index (χ3v) is 5.46. The highest BCUT2D eigenvalue weighted by Gasteiger charge is 2.37. The lowest BCUT2D eigenvalue weighted by Crippen LogP contribution is -2.42. The summed E-state index contributed by atoms with van der Waals surface area (Å²) in [5.74, 6) is -1.04. The van der Waals surface area contributed by atoms with E-state index >= 15 is 0 Å². The van der Waals surface area contributed by atoms with Gasteiger partial charge in [0, 0.05) is 25.4 Å². The second kappa shape index (κ2) is 8.26. The molecule has 1 aromatic carbocycles. The predicted molar refractivity (Wildman–Crippen MR) is 108 cm³/mol. The number of alkyl halides is 3. The monoisotopic (exact) mass is 454 g/mol. The van der Waals surface area contributed by atoms with Gasteiger partial charge in [0.2, 0.25) is 5.91 Å². The van der Waals surface area contributed by atoms with Gasteiger partial charge in [0.25, 0.3) is 5.91 Å². The molecule has 7 nitrogen and oxygen atoms in total. The molecule has 0 spiro atoms. The lowest BCUT2D eigenvalue weighted by molar-refractivity contribution is -0.137. The Kier molecular flexibility index (Phi) is 5.65. The van der Waals surface area contributed by atoms with Gasteiger partial charge in [-0.2, -0.15) is 13.2 Å². The molecule has 1 unspecified atom stereocenters. The first kappa shape index (κ1) is 21.2. The number of nitrogens with one attached hydrogen (secondary N) is 2. The Bertz CT molecular complexity index is 1030. The van der Waals surface area contributed by atoms with Crippen molar-refractivity contribution in [2.24, 2.45) is 5.92 Å². The molecule has 0 bridgehead atoms. The summed E-state index contributed by atoms with van der Waals surface area (Å²) < 4.78 is 45.4. The van der Waals surface area contributed by atoms with Gasteiger partial charge in [-0.3, -0.25) is 9.59 Å². The van der Waals surface area contributed by atoms with Crippen LogP contribution in [0.3, 0.4) is 0 Å². The smallest absolute Gasteiger partial charge is 0.419 e. The van der Waals surface area contributed by atoms with Crippen LogP contribution in [-0.2, 0) is 15.8 Å². The average molecular weight is 455 g/mol. The molecule has 11 heteroatoms. The lowest BCUT2D eigenvalue weighted by atomic mass is 9.96. The largest absolute Gasteiger partial charge is 0.482 e. The minimum atomic E-state index is -4.54. The van der Waals surface area contributed by atoms with E-state index in [1.807, 2.05) is 0 Å². The number of benzene rings is 1. The molecule has 0 saturated carbocycles. The number of nitrogens with zero attached hydrogens (tertiary/aromatic N) is 2. The van der Waals surface area contributed by atoms with Crippen molar-refractivity contribution in [2.75, 3.05) is 35.2 Å². The second-order valence-electron chi connectivity index (χ2n) is 7.31. The zero-order valence-corrected chi connectivity index (χ0v) is 16.9. The van der Waals surface area contributed by atoms with E-state index in [2.05, 4.69) is 15.6 Å². The minimum absolute atomic E-state index is 0.0983. The van der Waals surface area contributed by atoms with E-state index in [4.69, 9.17) is 16.3 Å². The number of carbonyl (C=O) groups excluding carboxylic acids is 2. The first-order chi connectivity index (χ1) is 14.7. The molecule has 2 aliphatic rings. The molecular formula is C20H18ClF3N4O3. The molecule has 31 heavy (non-hydrogen) atoms. The van der Waals surface area contributed by atoms with Crippen LogP contribution in [0, 0.1) is 5.92 Å². The number of pyridine rings is 1. The summed E-state index contributed by atoms with van der Waals surface area (Å²) in [5, 5.41) is 5.55. The van der Waals surface area contributed by atoms with Gasteiger partial charge in [-0.1, -0.05) is 11.6 Å². The number of rotatable bonds is 3. The number of fused-ring (bicyclic) bond motifs is 1. The number of hydrogen-bond acceptors (Lipinski definition) is 5. The summed E-state index contributed by atoms with van der Waals surface area (Å²) in [5.41, 5.74) is -0.126. The molecule has 1 fully saturated rings. The minimum Gasteiger partial charge on any atom is -0.482 e. The number of ether oxygens (including phenoxy) is 1. The van der Waals surface area contributed by atoms with E-state index in [1.165, 1.54) is 29.3 Å². The summed E-state index contributed by atoms with van der Waals surface area (Å²) in [4.78, 5) is 29.7. The van der Waals surface area contributed by atoms with Crippen LogP contribution in [0.1, 0.15) is 18.4 Å². The zero-order chi connectivity index (χ0) is 22.2. The van der Waals surface area contributed by atoms with Crippen LogP contribution in [0.5, 0.6) is 5.75 Å². The SMILES string of the molecule is O=C1COc2cc(NC(=O)C3CCCN(c4ncccc4C(F)(F)F)C3)c(Cl)cc2N1. The maximum atomic E-state index is 13.4. The van der Waals surface area contributed by atoms with Gasteiger partial charge in [0.1, 0.15) is 11.6 Å². The summed E-state index contributed by atoms with van der Waals surface area (Å²) in [6, 6.07) is 5.21. The van der Waals surface area contributed by atoms with Gasteiger partial charge < -0.3 is 20.3 Å². The molecule has 0 radical (unpaired) electrons. The molecule has 3 heterocycles. The van der Waals surface area contributed by atoms with Crippen LogP contribution in [-0.4, -0.2) is 36.5 Å². The van der Waals surface area contributed by atoms with Crippen molar-refractivity contribution < 1.29 is 27.5 Å². The summed E-state index contributed by atoms with van der Waals surface area (Å²) in [6.45, 7) is 0.323. The molecule has 1 aromatic heterocycles. The van der Waals surface area contributed by atoms with E-state index in [1.54, 1.807) is 0 Å².